The van der Waals surface area contributed by atoms with Crippen molar-refractivity contribution in [1.82, 2.24) is 19.2 Å². The lowest BCUT2D eigenvalue weighted by Crippen LogP contribution is -2.50. The number of thioether (sulfide) groups is 1. The molecule has 0 aliphatic heterocycles. The number of hydrogen-bond acceptors (Lipinski definition) is 5. The number of ketones is 1. The molecule has 32 heavy (non-hydrogen) atoms. The summed E-state index contributed by atoms with van der Waals surface area (Å²) in [4.78, 5) is 26.6. The van der Waals surface area contributed by atoms with E-state index in [2.05, 4.69) is 17.1 Å². The Morgan fingerprint density at radius 2 is 1.78 bits per heavy atom. The number of rotatable bonds is 7. The van der Waals surface area contributed by atoms with Crippen LogP contribution in [0, 0.1) is 23.2 Å². The molecule has 0 amide bonds. The molecule has 7 rings (SSSR count). The van der Waals surface area contributed by atoms with Gasteiger partial charge in [-0.15, -0.1) is 10.2 Å². The third-order valence-electron chi connectivity index (χ3n) is 8.18. The molecule has 0 saturated heterocycles. The molecule has 4 fully saturated rings. The van der Waals surface area contributed by atoms with Crippen molar-refractivity contribution in [2.45, 2.75) is 70.0 Å². The zero-order valence-electron chi connectivity index (χ0n) is 18.6. The number of carbonyl (C=O) groups excluding carboxylic acids is 1. The highest BCUT2D eigenvalue weighted by molar-refractivity contribution is 7.99. The van der Waals surface area contributed by atoms with Crippen LogP contribution in [0.2, 0.25) is 0 Å². The number of fused-ring (bicyclic) bond motifs is 3. The molecular formula is C25H30N4O2S. The van der Waals surface area contributed by atoms with Crippen LogP contribution in [0.4, 0.5) is 0 Å². The number of aromatic nitrogens is 4. The second-order valence-electron chi connectivity index (χ2n) is 10.4. The van der Waals surface area contributed by atoms with Gasteiger partial charge in [-0.2, -0.15) is 0 Å². The Morgan fingerprint density at radius 1 is 1.09 bits per heavy atom. The van der Waals surface area contributed by atoms with E-state index in [1.54, 1.807) is 4.57 Å². The molecule has 6 nitrogen and oxygen atoms in total. The number of benzene rings is 1. The van der Waals surface area contributed by atoms with Crippen LogP contribution in [0.25, 0.3) is 16.7 Å². The van der Waals surface area contributed by atoms with E-state index < -0.39 is 0 Å². The van der Waals surface area contributed by atoms with Gasteiger partial charge in [0.2, 0.25) is 5.78 Å². The summed E-state index contributed by atoms with van der Waals surface area (Å²) in [6.07, 6.45) is 9.23. The van der Waals surface area contributed by atoms with Gasteiger partial charge in [0.1, 0.15) is 5.78 Å². The van der Waals surface area contributed by atoms with Gasteiger partial charge in [-0.25, -0.2) is 0 Å². The third-order valence-corrected chi connectivity index (χ3v) is 9.10. The summed E-state index contributed by atoms with van der Waals surface area (Å²) in [6.45, 7) is 2.74. The minimum absolute atomic E-state index is 0.0184. The first-order chi connectivity index (χ1) is 15.6. The van der Waals surface area contributed by atoms with Crippen molar-refractivity contribution in [2.24, 2.45) is 23.2 Å². The van der Waals surface area contributed by atoms with Crippen LogP contribution in [0.15, 0.2) is 34.2 Å². The molecule has 0 unspecified atom stereocenters. The Bertz CT molecular complexity index is 1220. The summed E-state index contributed by atoms with van der Waals surface area (Å²) < 4.78 is 3.72. The number of carbonyl (C=O) groups is 1. The second-order valence-corrected chi connectivity index (χ2v) is 11.3. The molecule has 2 aromatic heterocycles. The maximum atomic E-state index is 13.5. The summed E-state index contributed by atoms with van der Waals surface area (Å²) in [6, 6.07) is 7.65. The normalized spacial score (nSPS) is 28.7. The smallest absolute Gasteiger partial charge is 0.262 e. The van der Waals surface area contributed by atoms with Gasteiger partial charge in [0.25, 0.3) is 5.56 Å². The Kier molecular flexibility index (Phi) is 4.93. The number of nitrogens with zero attached hydrogens (tertiary/aromatic N) is 4. The van der Waals surface area contributed by atoms with Crippen LogP contribution in [0.1, 0.15) is 58.3 Å². The van der Waals surface area contributed by atoms with Crippen molar-refractivity contribution in [3.63, 3.8) is 0 Å². The molecule has 4 saturated carbocycles. The summed E-state index contributed by atoms with van der Waals surface area (Å²) >= 11 is 1.49. The van der Waals surface area contributed by atoms with Gasteiger partial charge in [-0.3, -0.25) is 18.6 Å². The van der Waals surface area contributed by atoms with E-state index in [-0.39, 0.29) is 11.0 Å². The SMILES string of the molecule is CCCCn1c(=O)c2ccccc2n2c(SCC(=O)C34CC5CC(CC(C5)C3)C4)nnc12. The van der Waals surface area contributed by atoms with E-state index in [0.29, 0.717) is 34.4 Å². The predicted octanol–water partition coefficient (Wildman–Crippen LogP) is 4.72. The molecule has 1 aromatic carbocycles. The number of para-hydroxylation sites is 1. The average Bonchev–Trinajstić information content (AvgIpc) is 3.20. The highest BCUT2D eigenvalue weighted by Crippen LogP contribution is 2.60. The van der Waals surface area contributed by atoms with Crippen molar-refractivity contribution in [1.29, 1.82) is 0 Å². The first-order valence-electron chi connectivity index (χ1n) is 12.1. The molecule has 0 N–H and O–H groups in total. The molecule has 0 radical (unpaired) electrons. The highest BCUT2D eigenvalue weighted by atomic mass is 32.2. The van der Waals surface area contributed by atoms with Crippen LogP contribution in [-0.2, 0) is 11.3 Å². The summed E-state index contributed by atoms with van der Waals surface area (Å²) in [5.74, 6) is 3.71. The largest absolute Gasteiger partial charge is 0.298 e. The Labute approximate surface area is 191 Å². The summed E-state index contributed by atoms with van der Waals surface area (Å²) in [5.41, 5.74) is 0.707. The van der Waals surface area contributed by atoms with Gasteiger partial charge >= 0.3 is 0 Å². The molecule has 3 aromatic rings. The Hall–Kier alpha value is -2.15. The van der Waals surface area contributed by atoms with E-state index in [0.717, 1.165) is 55.4 Å². The standard InChI is InChI=1S/C25H30N4O2S/c1-2-3-8-28-22(31)19-6-4-5-7-20(19)29-23(28)26-27-24(29)32-15-21(30)25-12-16-9-17(13-25)11-18(10-16)14-25/h4-7,16-18H,2-3,8-15H2,1H3. The molecule has 0 atom stereocenters. The second kappa shape index (κ2) is 7.72. The highest BCUT2D eigenvalue weighted by Gasteiger charge is 2.54. The molecule has 7 heteroatoms. The van der Waals surface area contributed by atoms with Crippen LogP contribution in [-0.4, -0.2) is 30.7 Å². The number of Topliss-reactive ketones (excluding diaryl/α,β-unsaturated/α-hetero) is 1. The van der Waals surface area contributed by atoms with E-state index >= 15 is 0 Å². The monoisotopic (exact) mass is 450 g/mol. The molecule has 0 spiro atoms. The van der Waals surface area contributed by atoms with Crippen molar-refractivity contribution in [3.8, 4) is 0 Å². The minimum atomic E-state index is -0.0897. The molecule has 4 bridgehead atoms. The lowest BCUT2D eigenvalue weighted by molar-refractivity contribution is -0.141. The van der Waals surface area contributed by atoms with E-state index in [9.17, 15) is 9.59 Å². The topological polar surface area (TPSA) is 69.3 Å². The van der Waals surface area contributed by atoms with E-state index in [4.69, 9.17) is 0 Å². The first kappa shape index (κ1) is 20.5. The fraction of sp³-hybridized carbons (Fsp3) is 0.600. The number of unbranched alkanes of at least 4 members (excludes halogenated alkanes) is 1. The molecule has 168 valence electrons. The molecule has 4 aliphatic rings. The third kappa shape index (κ3) is 3.15. The first-order valence-corrected chi connectivity index (χ1v) is 13.1. The lowest BCUT2D eigenvalue weighted by atomic mass is 9.48. The quantitative estimate of drug-likeness (QED) is 0.487. The van der Waals surface area contributed by atoms with Gasteiger partial charge in [-0.05, 0) is 74.8 Å². The van der Waals surface area contributed by atoms with Crippen molar-refractivity contribution in [2.75, 3.05) is 5.75 Å². The maximum absolute atomic E-state index is 13.5. The summed E-state index contributed by atoms with van der Waals surface area (Å²) in [5, 5.41) is 10.2. The van der Waals surface area contributed by atoms with Gasteiger partial charge < -0.3 is 0 Å². The fourth-order valence-corrected chi connectivity index (χ4v) is 8.05. The van der Waals surface area contributed by atoms with Crippen LogP contribution in [0.3, 0.4) is 0 Å². The zero-order valence-corrected chi connectivity index (χ0v) is 19.4. The molecule has 4 aliphatic carbocycles. The fourth-order valence-electron chi connectivity index (χ4n) is 7.08. The Morgan fingerprint density at radius 3 is 2.47 bits per heavy atom. The van der Waals surface area contributed by atoms with Gasteiger partial charge in [0.05, 0.1) is 16.7 Å². The van der Waals surface area contributed by atoms with Crippen LogP contribution in [0.5, 0.6) is 0 Å². The number of aryl methyl sites for hydroxylation is 1. The maximum Gasteiger partial charge on any atom is 0.262 e. The van der Waals surface area contributed by atoms with Gasteiger partial charge in [0.15, 0.2) is 5.16 Å². The Balaban J connectivity index is 1.33. The van der Waals surface area contributed by atoms with E-state index in [1.165, 1.54) is 31.0 Å². The zero-order chi connectivity index (χ0) is 21.9. The van der Waals surface area contributed by atoms with Crippen LogP contribution < -0.4 is 5.56 Å². The predicted molar refractivity (Wildman–Crippen MR) is 126 cm³/mol. The van der Waals surface area contributed by atoms with Crippen molar-refractivity contribution >= 4 is 34.2 Å². The molecule has 2 heterocycles. The lowest BCUT2D eigenvalue weighted by Gasteiger charge is -2.56. The van der Waals surface area contributed by atoms with Crippen molar-refractivity contribution < 1.29 is 4.79 Å². The van der Waals surface area contributed by atoms with Crippen molar-refractivity contribution in [3.05, 3.63) is 34.6 Å². The summed E-state index contributed by atoms with van der Waals surface area (Å²) in [7, 11) is 0. The molecular weight excluding hydrogens is 420 g/mol. The van der Waals surface area contributed by atoms with Gasteiger partial charge in [-0.1, -0.05) is 37.2 Å². The van der Waals surface area contributed by atoms with Crippen LogP contribution >= 0.6 is 11.8 Å². The van der Waals surface area contributed by atoms with Gasteiger partial charge in [0, 0.05) is 12.0 Å². The van der Waals surface area contributed by atoms with E-state index in [1.807, 2.05) is 28.7 Å². The number of hydrogen-bond donors (Lipinski definition) is 0. The minimum Gasteiger partial charge on any atom is -0.298 e. The average molecular weight is 451 g/mol.